The number of benzene rings is 3. The highest BCUT2D eigenvalue weighted by atomic mass is 35.5. The van der Waals surface area contributed by atoms with Gasteiger partial charge in [0.05, 0.1) is 31.0 Å². The summed E-state index contributed by atoms with van der Waals surface area (Å²) in [6, 6.07) is 18.2. The maximum Gasteiger partial charge on any atom is 0.142 e. The minimum atomic E-state index is -0.561. The zero-order valence-corrected chi connectivity index (χ0v) is 21.1. The van der Waals surface area contributed by atoms with Gasteiger partial charge in [0.1, 0.15) is 11.5 Å². The smallest absolute Gasteiger partial charge is 0.142 e. The number of halogens is 1. The number of aliphatic hydroxyl groups is 1. The zero-order valence-electron chi connectivity index (χ0n) is 20.3. The first kappa shape index (κ1) is 24.6. The van der Waals surface area contributed by atoms with Crippen molar-refractivity contribution in [3.63, 3.8) is 0 Å². The fourth-order valence-corrected chi connectivity index (χ4v) is 5.31. The lowest BCUT2D eigenvalue weighted by molar-refractivity contribution is 0.0386. The van der Waals surface area contributed by atoms with E-state index >= 15 is 0 Å². The Hall–Kier alpha value is -2.47. The monoisotopic (exact) mass is 482 g/mol. The number of unbranched alkanes of at least 4 members (excludes halogenated alkanes) is 1. The maximum atomic E-state index is 11.5. The van der Waals surface area contributed by atoms with E-state index < -0.39 is 6.10 Å². The summed E-state index contributed by atoms with van der Waals surface area (Å²) in [4.78, 5) is 4.83. The summed E-state index contributed by atoms with van der Waals surface area (Å²) in [5.74, 6) is 1.57. The maximum absolute atomic E-state index is 11.5. The summed E-state index contributed by atoms with van der Waals surface area (Å²) in [5.41, 5.74) is 2.07. The molecule has 0 aromatic heterocycles. The number of hydrogen-bond donors (Lipinski definition) is 1. The lowest BCUT2D eigenvalue weighted by Gasteiger charge is -2.42. The van der Waals surface area contributed by atoms with Crippen LogP contribution in [0.3, 0.4) is 0 Å². The molecule has 0 spiro atoms. The van der Waals surface area contributed by atoms with Crippen molar-refractivity contribution >= 4 is 28.1 Å². The Bertz CT molecular complexity index is 1100. The number of methoxy groups -OCH3 is 2. The van der Waals surface area contributed by atoms with Crippen LogP contribution >= 0.6 is 11.6 Å². The summed E-state index contributed by atoms with van der Waals surface area (Å²) in [7, 11) is 3.34. The fraction of sp³-hybridized carbons (Fsp3) is 0.429. The summed E-state index contributed by atoms with van der Waals surface area (Å²) in [5, 5.41) is 14.1. The van der Waals surface area contributed by atoms with Gasteiger partial charge < -0.3 is 19.5 Å². The third-order valence-electron chi connectivity index (χ3n) is 6.93. The van der Waals surface area contributed by atoms with Gasteiger partial charge in [0, 0.05) is 37.6 Å². The van der Waals surface area contributed by atoms with Crippen LogP contribution in [0.1, 0.15) is 37.9 Å². The van der Waals surface area contributed by atoms with E-state index in [1.807, 2.05) is 36.4 Å². The molecule has 3 aromatic rings. The lowest BCUT2D eigenvalue weighted by atomic mass is 9.94. The SMILES string of the molecule is CCCC[C@@H]([C@H](O)c1ccc2c(Cl)c(OC)ccc2c1)N1CCN(c2ccccc2OC)CC1. The number of anilines is 1. The standard InChI is InChI=1S/C28H35ClN2O3/c1-4-5-8-24(31-17-15-30(16-18-31)23-9-6-7-10-25(23)33-2)28(32)21-11-13-22-20(19-21)12-14-26(34-3)27(22)29/h6-7,9-14,19,24,28,32H,4-5,8,15-18H2,1-3H3/t24-,28+/m0/s1. The Morgan fingerprint density at radius 3 is 2.38 bits per heavy atom. The Balaban J connectivity index is 1.52. The van der Waals surface area contributed by atoms with Gasteiger partial charge in [0.2, 0.25) is 0 Å². The van der Waals surface area contributed by atoms with Gasteiger partial charge in [-0.3, -0.25) is 4.90 Å². The van der Waals surface area contributed by atoms with Crippen LogP contribution in [-0.2, 0) is 0 Å². The van der Waals surface area contributed by atoms with Gasteiger partial charge in [-0.15, -0.1) is 0 Å². The quantitative estimate of drug-likeness (QED) is 0.410. The predicted octanol–water partition coefficient (Wildman–Crippen LogP) is 5.92. The van der Waals surface area contributed by atoms with Crippen LogP contribution in [0, 0.1) is 0 Å². The van der Waals surface area contributed by atoms with E-state index in [9.17, 15) is 5.11 Å². The van der Waals surface area contributed by atoms with Gasteiger partial charge in [-0.05, 0) is 41.6 Å². The van der Waals surface area contributed by atoms with Crippen LogP contribution < -0.4 is 14.4 Å². The number of aliphatic hydroxyl groups excluding tert-OH is 1. The van der Waals surface area contributed by atoms with Crippen molar-refractivity contribution in [3.8, 4) is 11.5 Å². The van der Waals surface area contributed by atoms with Crippen LogP contribution in [0.25, 0.3) is 10.8 Å². The van der Waals surface area contributed by atoms with Crippen LogP contribution in [-0.4, -0.2) is 56.4 Å². The molecule has 3 aromatic carbocycles. The molecule has 1 N–H and O–H groups in total. The van der Waals surface area contributed by atoms with Gasteiger partial charge in [0.25, 0.3) is 0 Å². The van der Waals surface area contributed by atoms with Crippen molar-refractivity contribution in [3.05, 3.63) is 65.2 Å². The van der Waals surface area contributed by atoms with E-state index in [1.54, 1.807) is 14.2 Å². The molecule has 34 heavy (non-hydrogen) atoms. The summed E-state index contributed by atoms with van der Waals surface area (Å²) in [6.07, 6.45) is 2.60. The van der Waals surface area contributed by atoms with Crippen LogP contribution in [0.4, 0.5) is 5.69 Å². The average molecular weight is 483 g/mol. The highest BCUT2D eigenvalue weighted by Gasteiger charge is 2.30. The Morgan fingerprint density at radius 1 is 0.941 bits per heavy atom. The fourth-order valence-electron chi connectivity index (χ4n) is 4.99. The number of nitrogens with zero attached hydrogens (tertiary/aromatic N) is 2. The molecule has 1 aliphatic rings. The average Bonchev–Trinajstić information content (AvgIpc) is 2.89. The molecule has 0 radical (unpaired) electrons. The van der Waals surface area contributed by atoms with Crippen molar-refractivity contribution in [2.24, 2.45) is 0 Å². The number of piperazine rings is 1. The van der Waals surface area contributed by atoms with Gasteiger partial charge in [0.15, 0.2) is 0 Å². The molecule has 182 valence electrons. The van der Waals surface area contributed by atoms with E-state index in [-0.39, 0.29) is 6.04 Å². The Labute approximate surface area is 207 Å². The van der Waals surface area contributed by atoms with Crippen LogP contribution in [0.5, 0.6) is 11.5 Å². The van der Waals surface area contributed by atoms with E-state index in [4.69, 9.17) is 21.1 Å². The highest BCUT2D eigenvalue weighted by Crippen LogP contribution is 2.36. The van der Waals surface area contributed by atoms with Crippen molar-refractivity contribution in [2.75, 3.05) is 45.3 Å². The number of hydrogen-bond acceptors (Lipinski definition) is 5. The predicted molar refractivity (Wildman–Crippen MR) is 141 cm³/mol. The minimum Gasteiger partial charge on any atom is -0.495 e. The molecule has 2 atom stereocenters. The number of ether oxygens (including phenoxy) is 2. The second-order valence-corrected chi connectivity index (χ2v) is 9.29. The highest BCUT2D eigenvalue weighted by molar-refractivity contribution is 6.37. The third-order valence-corrected chi connectivity index (χ3v) is 7.32. The minimum absolute atomic E-state index is 0.0749. The molecule has 4 rings (SSSR count). The number of fused-ring (bicyclic) bond motifs is 1. The molecule has 1 aliphatic heterocycles. The normalized spacial score (nSPS) is 16.4. The van der Waals surface area contributed by atoms with Crippen molar-refractivity contribution in [1.29, 1.82) is 0 Å². The van der Waals surface area contributed by atoms with Crippen molar-refractivity contribution in [2.45, 2.75) is 38.3 Å². The largest absolute Gasteiger partial charge is 0.495 e. The second kappa shape index (κ2) is 11.3. The first-order valence-electron chi connectivity index (χ1n) is 12.1. The zero-order chi connectivity index (χ0) is 24.1. The topological polar surface area (TPSA) is 45.2 Å². The molecule has 6 heteroatoms. The molecule has 0 saturated carbocycles. The Morgan fingerprint density at radius 2 is 1.68 bits per heavy atom. The summed E-state index contributed by atoms with van der Waals surface area (Å²) in [6.45, 7) is 5.82. The molecular formula is C28H35ClN2O3. The molecular weight excluding hydrogens is 448 g/mol. The van der Waals surface area contributed by atoms with Gasteiger partial charge in [-0.1, -0.05) is 61.7 Å². The first-order valence-corrected chi connectivity index (χ1v) is 12.5. The molecule has 0 unspecified atom stereocenters. The lowest BCUT2D eigenvalue weighted by Crippen LogP contribution is -2.52. The molecule has 0 amide bonds. The molecule has 0 aliphatic carbocycles. The molecule has 1 saturated heterocycles. The molecule has 0 bridgehead atoms. The van der Waals surface area contributed by atoms with Crippen molar-refractivity contribution in [1.82, 2.24) is 4.90 Å². The summed E-state index contributed by atoms with van der Waals surface area (Å²) < 4.78 is 10.9. The van der Waals surface area contributed by atoms with Gasteiger partial charge in [-0.25, -0.2) is 0 Å². The molecule has 5 nitrogen and oxygen atoms in total. The van der Waals surface area contributed by atoms with E-state index in [2.05, 4.69) is 34.9 Å². The molecule has 1 heterocycles. The number of para-hydroxylation sites is 2. The molecule has 1 fully saturated rings. The van der Waals surface area contributed by atoms with Crippen LogP contribution in [0.15, 0.2) is 54.6 Å². The Kier molecular flexibility index (Phi) is 8.19. The van der Waals surface area contributed by atoms with E-state index in [1.165, 1.54) is 0 Å². The van der Waals surface area contributed by atoms with Crippen molar-refractivity contribution < 1.29 is 14.6 Å². The van der Waals surface area contributed by atoms with Gasteiger partial charge in [-0.2, -0.15) is 0 Å². The van der Waals surface area contributed by atoms with Gasteiger partial charge >= 0.3 is 0 Å². The second-order valence-electron chi connectivity index (χ2n) is 8.91. The van der Waals surface area contributed by atoms with E-state index in [0.717, 1.165) is 73.2 Å². The third kappa shape index (κ3) is 5.12. The van der Waals surface area contributed by atoms with E-state index in [0.29, 0.717) is 10.8 Å². The first-order chi connectivity index (χ1) is 16.6. The van der Waals surface area contributed by atoms with Crippen LogP contribution in [0.2, 0.25) is 5.02 Å². The number of rotatable bonds is 9. The summed E-state index contributed by atoms with van der Waals surface area (Å²) >= 11 is 6.50.